The molecule has 1 heterocycles. The number of ether oxygens (including phenoxy) is 2. The molecule has 1 aromatic heterocycles. The molecule has 0 radical (unpaired) electrons. The average molecular weight is 311 g/mol. The highest BCUT2D eigenvalue weighted by molar-refractivity contribution is 5.97. The molecule has 0 saturated heterocycles. The van der Waals surface area contributed by atoms with Crippen LogP contribution in [0, 0.1) is 0 Å². The van der Waals surface area contributed by atoms with Gasteiger partial charge in [0.25, 0.3) is 5.91 Å². The van der Waals surface area contributed by atoms with Crippen molar-refractivity contribution >= 4 is 16.8 Å². The molecular formula is C17H17N3O3. The second kappa shape index (κ2) is 6.39. The summed E-state index contributed by atoms with van der Waals surface area (Å²) < 4.78 is 10.5. The number of rotatable bonds is 5. The van der Waals surface area contributed by atoms with Crippen LogP contribution in [0.4, 0.5) is 0 Å². The smallest absolute Gasteiger partial charge is 0.251 e. The van der Waals surface area contributed by atoms with Crippen LogP contribution in [0.1, 0.15) is 15.9 Å². The van der Waals surface area contributed by atoms with E-state index >= 15 is 0 Å². The minimum absolute atomic E-state index is 0.136. The van der Waals surface area contributed by atoms with Gasteiger partial charge in [0, 0.05) is 17.5 Å². The number of benzene rings is 2. The van der Waals surface area contributed by atoms with E-state index in [1.807, 2.05) is 30.3 Å². The van der Waals surface area contributed by atoms with Gasteiger partial charge in [-0.3, -0.25) is 9.89 Å². The highest BCUT2D eigenvalue weighted by Gasteiger charge is 2.09. The molecule has 0 atom stereocenters. The Bertz CT molecular complexity index is 842. The third-order valence-electron chi connectivity index (χ3n) is 3.60. The summed E-state index contributed by atoms with van der Waals surface area (Å²) in [5.41, 5.74) is 2.43. The van der Waals surface area contributed by atoms with Crippen LogP contribution in [-0.4, -0.2) is 30.3 Å². The largest absolute Gasteiger partial charge is 0.493 e. The molecule has 0 saturated carbocycles. The fourth-order valence-electron chi connectivity index (χ4n) is 2.36. The van der Waals surface area contributed by atoms with Gasteiger partial charge in [-0.25, -0.2) is 0 Å². The molecule has 2 aromatic carbocycles. The number of carbonyl (C=O) groups is 1. The van der Waals surface area contributed by atoms with E-state index in [4.69, 9.17) is 9.47 Å². The molecule has 0 aliphatic heterocycles. The van der Waals surface area contributed by atoms with E-state index in [2.05, 4.69) is 15.5 Å². The normalized spacial score (nSPS) is 10.5. The molecular weight excluding hydrogens is 294 g/mol. The van der Waals surface area contributed by atoms with E-state index in [1.54, 1.807) is 26.5 Å². The van der Waals surface area contributed by atoms with E-state index in [1.165, 1.54) is 0 Å². The maximum absolute atomic E-state index is 12.3. The zero-order valence-corrected chi connectivity index (χ0v) is 12.9. The van der Waals surface area contributed by atoms with Gasteiger partial charge in [0.2, 0.25) is 0 Å². The van der Waals surface area contributed by atoms with Crippen molar-refractivity contribution in [1.29, 1.82) is 0 Å². The first-order valence-electron chi connectivity index (χ1n) is 7.13. The van der Waals surface area contributed by atoms with Crippen LogP contribution in [0.5, 0.6) is 11.5 Å². The summed E-state index contributed by atoms with van der Waals surface area (Å²) >= 11 is 0. The molecule has 3 aromatic rings. The Balaban J connectivity index is 1.71. The minimum Gasteiger partial charge on any atom is -0.493 e. The summed E-state index contributed by atoms with van der Waals surface area (Å²) in [6, 6.07) is 11.0. The Morgan fingerprint density at radius 3 is 2.74 bits per heavy atom. The van der Waals surface area contributed by atoms with Crippen LogP contribution in [0.3, 0.4) is 0 Å². The third-order valence-corrected chi connectivity index (χ3v) is 3.60. The zero-order chi connectivity index (χ0) is 16.2. The van der Waals surface area contributed by atoms with Crippen LogP contribution in [0.15, 0.2) is 42.6 Å². The Labute approximate surface area is 133 Å². The lowest BCUT2D eigenvalue weighted by atomic mass is 10.1. The molecule has 0 spiro atoms. The monoisotopic (exact) mass is 311 g/mol. The fraction of sp³-hybridized carbons (Fsp3) is 0.176. The standard InChI is InChI=1S/C17H17N3O3/c1-22-15-6-3-11(7-16(15)23-2)9-18-17(21)12-4-5-14-13(8-12)10-19-20-14/h3-8,10H,9H2,1-2H3,(H,18,21)(H,19,20). The Morgan fingerprint density at radius 2 is 1.96 bits per heavy atom. The number of aromatic amines is 1. The number of hydrogen-bond acceptors (Lipinski definition) is 4. The van der Waals surface area contributed by atoms with Gasteiger partial charge in [-0.15, -0.1) is 0 Å². The maximum Gasteiger partial charge on any atom is 0.251 e. The number of amides is 1. The molecule has 23 heavy (non-hydrogen) atoms. The number of nitrogens with one attached hydrogen (secondary N) is 2. The van der Waals surface area contributed by atoms with Crippen molar-refractivity contribution in [3.8, 4) is 11.5 Å². The van der Waals surface area contributed by atoms with Gasteiger partial charge < -0.3 is 14.8 Å². The summed E-state index contributed by atoms with van der Waals surface area (Å²) in [4.78, 5) is 12.3. The van der Waals surface area contributed by atoms with Crippen LogP contribution >= 0.6 is 0 Å². The molecule has 2 N–H and O–H groups in total. The third kappa shape index (κ3) is 3.11. The van der Waals surface area contributed by atoms with Gasteiger partial charge in [-0.05, 0) is 35.9 Å². The number of carbonyl (C=O) groups excluding carboxylic acids is 1. The van der Waals surface area contributed by atoms with Crippen molar-refractivity contribution in [3.05, 3.63) is 53.7 Å². The van der Waals surface area contributed by atoms with Gasteiger partial charge in [0.1, 0.15) is 0 Å². The summed E-state index contributed by atoms with van der Waals surface area (Å²) in [6.07, 6.45) is 1.69. The van der Waals surface area contributed by atoms with Crippen molar-refractivity contribution in [1.82, 2.24) is 15.5 Å². The van der Waals surface area contributed by atoms with Crippen LogP contribution in [0.25, 0.3) is 10.9 Å². The second-order valence-corrected chi connectivity index (χ2v) is 5.04. The first-order valence-corrected chi connectivity index (χ1v) is 7.13. The average Bonchev–Trinajstić information content (AvgIpc) is 3.06. The van der Waals surface area contributed by atoms with Gasteiger partial charge in [0.15, 0.2) is 11.5 Å². The summed E-state index contributed by atoms with van der Waals surface area (Å²) in [5, 5.41) is 10.6. The van der Waals surface area contributed by atoms with Gasteiger partial charge >= 0.3 is 0 Å². The fourth-order valence-corrected chi connectivity index (χ4v) is 2.36. The number of hydrogen-bond donors (Lipinski definition) is 2. The molecule has 3 rings (SSSR count). The van der Waals surface area contributed by atoms with Crippen molar-refractivity contribution in [2.45, 2.75) is 6.54 Å². The van der Waals surface area contributed by atoms with Gasteiger partial charge in [-0.2, -0.15) is 5.10 Å². The number of fused-ring (bicyclic) bond motifs is 1. The first kappa shape index (κ1) is 14.9. The van der Waals surface area contributed by atoms with Crippen molar-refractivity contribution in [3.63, 3.8) is 0 Å². The van der Waals surface area contributed by atoms with Crippen molar-refractivity contribution in [2.75, 3.05) is 14.2 Å². The number of aromatic nitrogens is 2. The molecule has 1 amide bonds. The highest BCUT2D eigenvalue weighted by Crippen LogP contribution is 2.27. The van der Waals surface area contributed by atoms with Gasteiger partial charge in [0.05, 0.1) is 25.9 Å². The topological polar surface area (TPSA) is 76.2 Å². The maximum atomic E-state index is 12.3. The Morgan fingerprint density at radius 1 is 1.13 bits per heavy atom. The molecule has 6 nitrogen and oxygen atoms in total. The van der Waals surface area contributed by atoms with E-state index in [0.29, 0.717) is 23.6 Å². The number of methoxy groups -OCH3 is 2. The Kier molecular flexibility index (Phi) is 4.14. The first-order chi connectivity index (χ1) is 11.2. The summed E-state index contributed by atoms with van der Waals surface area (Å²) in [7, 11) is 3.17. The van der Waals surface area contributed by atoms with Crippen LogP contribution < -0.4 is 14.8 Å². The summed E-state index contributed by atoms with van der Waals surface area (Å²) in [5.74, 6) is 1.16. The van der Waals surface area contributed by atoms with E-state index < -0.39 is 0 Å². The number of H-pyrrole nitrogens is 1. The minimum atomic E-state index is -0.136. The second-order valence-electron chi connectivity index (χ2n) is 5.04. The molecule has 0 aliphatic carbocycles. The molecule has 6 heteroatoms. The zero-order valence-electron chi connectivity index (χ0n) is 12.9. The quantitative estimate of drug-likeness (QED) is 0.759. The van der Waals surface area contributed by atoms with E-state index in [0.717, 1.165) is 16.5 Å². The predicted molar refractivity (Wildman–Crippen MR) is 86.8 cm³/mol. The van der Waals surface area contributed by atoms with Crippen molar-refractivity contribution < 1.29 is 14.3 Å². The summed E-state index contributed by atoms with van der Waals surface area (Å²) in [6.45, 7) is 0.405. The van der Waals surface area contributed by atoms with Crippen LogP contribution in [0.2, 0.25) is 0 Å². The van der Waals surface area contributed by atoms with Crippen LogP contribution in [-0.2, 0) is 6.54 Å². The van der Waals surface area contributed by atoms with E-state index in [9.17, 15) is 4.79 Å². The SMILES string of the molecule is COc1ccc(CNC(=O)c2ccc3[nH]ncc3c2)cc1OC. The molecule has 0 aliphatic rings. The lowest BCUT2D eigenvalue weighted by Crippen LogP contribution is -2.22. The number of nitrogens with zero attached hydrogens (tertiary/aromatic N) is 1. The van der Waals surface area contributed by atoms with Crippen molar-refractivity contribution in [2.24, 2.45) is 0 Å². The lowest BCUT2D eigenvalue weighted by Gasteiger charge is -2.10. The van der Waals surface area contributed by atoms with E-state index in [-0.39, 0.29) is 5.91 Å². The Hall–Kier alpha value is -3.02. The molecule has 0 unspecified atom stereocenters. The molecule has 118 valence electrons. The molecule has 0 bridgehead atoms. The lowest BCUT2D eigenvalue weighted by molar-refractivity contribution is 0.0951. The van der Waals surface area contributed by atoms with Gasteiger partial charge in [-0.1, -0.05) is 6.07 Å². The molecule has 0 fully saturated rings. The highest BCUT2D eigenvalue weighted by atomic mass is 16.5. The predicted octanol–water partition coefficient (Wildman–Crippen LogP) is 2.51.